The van der Waals surface area contributed by atoms with Crippen molar-refractivity contribution in [2.75, 3.05) is 18.5 Å². The quantitative estimate of drug-likeness (QED) is 0.112. The molecule has 9 heteroatoms. The Morgan fingerprint density at radius 1 is 0.896 bits per heavy atom. The van der Waals surface area contributed by atoms with E-state index in [1.165, 1.54) is 23.1 Å². The maximum atomic E-state index is 11.8. The lowest BCUT2D eigenvalue weighted by molar-refractivity contribution is -0.142. The zero-order chi connectivity index (χ0) is 33.3. The van der Waals surface area contributed by atoms with Gasteiger partial charge in [0, 0.05) is 28.4 Å². The molecule has 0 aliphatic heterocycles. The van der Waals surface area contributed by atoms with Crippen molar-refractivity contribution in [3.8, 4) is 17.2 Å². The molecule has 248 valence electrons. The summed E-state index contributed by atoms with van der Waals surface area (Å²) in [5.41, 5.74) is 8.01. The number of benzene rings is 4. The Balaban J connectivity index is 1.19. The highest BCUT2D eigenvalue weighted by Crippen LogP contribution is 2.35. The molecule has 0 bridgehead atoms. The summed E-state index contributed by atoms with van der Waals surface area (Å²) in [5, 5.41) is 13.5. The zero-order valence-electron chi connectivity index (χ0n) is 27.8. The smallest absolute Gasteiger partial charge is 0.310 e. The summed E-state index contributed by atoms with van der Waals surface area (Å²) in [6.07, 6.45) is 4.51. The van der Waals surface area contributed by atoms with E-state index < -0.39 is 0 Å². The number of aromatic nitrogens is 3. The summed E-state index contributed by atoms with van der Waals surface area (Å²) in [4.78, 5) is 12.8. The number of ether oxygens (including phenoxy) is 3. The molecule has 0 amide bonds. The molecule has 0 atom stereocenters. The molecular formula is C39H42N4O4S. The number of rotatable bonds is 15. The Morgan fingerprint density at radius 3 is 2.50 bits per heavy atom. The normalized spacial score (nSPS) is 12.1. The van der Waals surface area contributed by atoms with Gasteiger partial charge in [0.1, 0.15) is 18.1 Å². The highest BCUT2D eigenvalue weighted by molar-refractivity contribution is 7.99. The van der Waals surface area contributed by atoms with Crippen molar-refractivity contribution in [2.24, 2.45) is 0 Å². The molecule has 4 aromatic carbocycles. The van der Waals surface area contributed by atoms with Crippen LogP contribution in [0.25, 0.3) is 5.69 Å². The lowest BCUT2D eigenvalue weighted by Gasteiger charge is -2.15. The molecule has 0 unspecified atom stereocenters. The SMILES string of the molecule is CCCOc1cc(Sc2nnc(COc3ccc(C)c4c3CCC4)n2-c2ccccc2)ccc1CNc1ccc(CC(=O)OCC)cc1. The van der Waals surface area contributed by atoms with E-state index in [0.717, 1.165) is 69.1 Å². The van der Waals surface area contributed by atoms with Crippen LogP contribution in [0, 0.1) is 6.92 Å². The van der Waals surface area contributed by atoms with Crippen LogP contribution in [0.15, 0.2) is 95.0 Å². The number of nitrogens with zero attached hydrogens (tertiary/aromatic N) is 3. The summed E-state index contributed by atoms with van der Waals surface area (Å²) < 4.78 is 19.8. The van der Waals surface area contributed by atoms with Crippen LogP contribution in [0.1, 0.15) is 60.3 Å². The number of hydrogen-bond donors (Lipinski definition) is 1. The van der Waals surface area contributed by atoms with E-state index in [1.54, 1.807) is 11.8 Å². The van der Waals surface area contributed by atoms with E-state index in [-0.39, 0.29) is 12.4 Å². The van der Waals surface area contributed by atoms with Gasteiger partial charge in [-0.05, 0) is 116 Å². The van der Waals surface area contributed by atoms with Crippen LogP contribution in [0.5, 0.6) is 11.5 Å². The van der Waals surface area contributed by atoms with Gasteiger partial charge in [0.25, 0.3) is 0 Å². The van der Waals surface area contributed by atoms with Crippen LogP contribution in [0.2, 0.25) is 0 Å². The number of nitrogens with one attached hydrogen (secondary N) is 1. The minimum Gasteiger partial charge on any atom is -0.493 e. The Labute approximate surface area is 286 Å². The number of aryl methyl sites for hydroxylation is 1. The van der Waals surface area contributed by atoms with Crippen LogP contribution < -0.4 is 14.8 Å². The van der Waals surface area contributed by atoms with E-state index in [9.17, 15) is 4.79 Å². The van der Waals surface area contributed by atoms with E-state index in [1.807, 2.05) is 49.4 Å². The predicted molar refractivity (Wildman–Crippen MR) is 189 cm³/mol. The fraction of sp³-hybridized carbons (Fsp3) is 0.308. The second-order valence-electron chi connectivity index (χ2n) is 11.8. The lowest BCUT2D eigenvalue weighted by atomic mass is 10.0. The molecule has 0 fully saturated rings. The monoisotopic (exact) mass is 662 g/mol. The number of hydrogen-bond acceptors (Lipinski definition) is 8. The minimum atomic E-state index is -0.217. The van der Waals surface area contributed by atoms with E-state index in [2.05, 4.69) is 76.4 Å². The van der Waals surface area contributed by atoms with Crippen molar-refractivity contribution in [3.05, 3.63) is 119 Å². The van der Waals surface area contributed by atoms with Gasteiger partial charge in [0.15, 0.2) is 5.82 Å². The molecule has 6 rings (SSSR count). The van der Waals surface area contributed by atoms with Gasteiger partial charge in [-0.25, -0.2) is 0 Å². The first-order chi connectivity index (χ1) is 23.5. The molecule has 5 aromatic rings. The molecule has 0 spiro atoms. The standard InChI is InChI=1S/C39H42N4O4S/c1-4-22-46-36-24-32(20-17-29(36)25-40-30-18-15-28(16-19-30)23-38(44)45-5-2)48-39-42-41-37(43(39)31-10-7-6-8-11-31)26-47-35-21-14-27(3)33-12-9-13-34(33)35/h6-8,10-11,14-21,24,40H,4-5,9,12-13,22-23,25-26H2,1-3H3. The predicted octanol–water partition coefficient (Wildman–Crippen LogP) is 8.30. The summed E-state index contributed by atoms with van der Waals surface area (Å²) in [6.45, 7) is 8.01. The number of anilines is 1. The van der Waals surface area contributed by atoms with Gasteiger partial charge in [-0.1, -0.05) is 49.4 Å². The fourth-order valence-electron chi connectivity index (χ4n) is 5.94. The summed E-state index contributed by atoms with van der Waals surface area (Å²) in [5.74, 6) is 2.30. The molecule has 0 saturated heterocycles. The van der Waals surface area contributed by atoms with Gasteiger partial charge in [0.2, 0.25) is 5.16 Å². The van der Waals surface area contributed by atoms with Crippen LogP contribution >= 0.6 is 11.8 Å². The molecule has 0 radical (unpaired) electrons. The molecule has 1 heterocycles. The van der Waals surface area contributed by atoms with Gasteiger partial charge in [-0.2, -0.15) is 0 Å². The lowest BCUT2D eigenvalue weighted by Crippen LogP contribution is -2.08. The van der Waals surface area contributed by atoms with Crippen LogP contribution in [-0.2, 0) is 41.9 Å². The maximum Gasteiger partial charge on any atom is 0.310 e. The second-order valence-corrected chi connectivity index (χ2v) is 12.8. The molecule has 1 N–H and O–H groups in total. The minimum absolute atomic E-state index is 0.217. The molecule has 8 nitrogen and oxygen atoms in total. The Morgan fingerprint density at radius 2 is 1.71 bits per heavy atom. The summed E-state index contributed by atoms with van der Waals surface area (Å²) >= 11 is 1.55. The van der Waals surface area contributed by atoms with Gasteiger partial charge in [0.05, 0.1) is 19.6 Å². The second kappa shape index (κ2) is 15.9. The van der Waals surface area contributed by atoms with Crippen molar-refractivity contribution in [1.29, 1.82) is 0 Å². The van der Waals surface area contributed by atoms with Gasteiger partial charge in [-0.3, -0.25) is 9.36 Å². The van der Waals surface area contributed by atoms with Gasteiger partial charge >= 0.3 is 5.97 Å². The molecule has 48 heavy (non-hydrogen) atoms. The molecular weight excluding hydrogens is 621 g/mol. The number of carbonyl (C=O) groups excluding carboxylic acids is 1. The third-order valence-corrected chi connectivity index (χ3v) is 9.28. The van der Waals surface area contributed by atoms with E-state index >= 15 is 0 Å². The first-order valence-corrected chi connectivity index (χ1v) is 17.5. The topological polar surface area (TPSA) is 87.5 Å². The third-order valence-electron chi connectivity index (χ3n) is 8.35. The highest BCUT2D eigenvalue weighted by Gasteiger charge is 2.21. The van der Waals surface area contributed by atoms with E-state index in [0.29, 0.717) is 26.4 Å². The first-order valence-electron chi connectivity index (χ1n) is 16.7. The van der Waals surface area contributed by atoms with Gasteiger partial charge < -0.3 is 19.5 Å². The number of fused-ring (bicyclic) bond motifs is 1. The first kappa shape index (κ1) is 33.2. The summed E-state index contributed by atoms with van der Waals surface area (Å²) in [7, 11) is 0. The molecule has 0 saturated carbocycles. The average Bonchev–Trinajstić information content (AvgIpc) is 3.76. The van der Waals surface area contributed by atoms with Crippen molar-refractivity contribution in [3.63, 3.8) is 0 Å². The van der Waals surface area contributed by atoms with Crippen molar-refractivity contribution >= 4 is 23.4 Å². The van der Waals surface area contributed by atoms with Crippen molar-refractivity contribution in [1.82, 2.24) is 14.8 Å². The van der Waals surface area contributed by atoms with Gasteiger partial charge in [-0.15, -0.1) is 10.2 Å². The molecule has 1 aliphatic rings. The number of esters is 1. The zero-order valence-corrected chi connectivity index (χ0v) is 28.6. The Hall–Kier alpha value is -4.76. The van der Waals surface area contributed by atoms with Crippen LogP contribution in [-0.4, -0.2) is 33.9 Å². The highest BCUT2D eigenvalue weighted by atomic mass is 32.2. The largest absolute Gasteiger partial charge is 0.493 e. The van der Waals surface area contributed by atoms with Crippen LogP contribution in [0.4, 0.5) is 5.69 Å². The Bertz CT molecular complexity index is 1840. The maximum absolute atomic E-state index is 11.8. The summed E-state index contributed by atoms with van der Waals surface area (Å²) in [6, 6.07) is 28.6. The van der Waals surface area contributed by atoms with Crippen LogP contribution in [0.3, 0.4) is 0 Å². The number of para-hydroxylation sites is 1. The molecule has 1 aromatic heterocycles. The Kier molecular flexibility index (Phi) is 11.0. The number of carbonyl (C=O) groups is 1. The molecule has 1 aliphatic carbocycles. The van der Waals surface area contributed by atoms with Crippen molar-refractivity contribution in [2.45, 2.75) is 76.1 Å². The fourth-order valence-corrected chi connectivity index (χ4v) is 6.84. The average molecular weight is 663 g/mol. The van der Waals surface area contributed by atoms with E-state index in [4.69, 9.17) is 14.2 Å². The third kappa shape index (κ3) is 8.02. The van der Waals surface area contributed by atoms with Crippen molar-refractivity contribution < 1.29 is 19.0 Å².